The lowest BCUT2D eigenvalue weighted by Crippen LogP contribution is -2.43. The number of para-hydroxylation sites is 2. The number of carbonyl (C=O) groups excluding carboxylic acids is 2. The summed E-state index contributed by atoms with van der Waals surface area (Å²) in [7, 11) is 0. The Labute approximate surface area is 215 Å². The van der Waals surface area contributed by atoms with Crippen molar-refractivity contribution in [3.05, 3.63) is 48.4 Å². The van der Waals surface area contributed by atoms with Gasteiger partial charge in [-0.05, 0) is 64.5 Å². The molecular formula is C28H32N4O5. The Morgan fingerprint density at radius 2 is 1.95 bits per heavy atom. The van der Waals surface area contributed by atoms with E-state index in [9.17, 15) is 9.59 Å². The summed E-state index contributed by atoms with van der Waals surface area (Å²) in [5.74, 6) is 1.08. The van der Waals surface area contributed by atoms with Crippen LogP contribution in [0.5, 0.6) is 0 Å². The van der Waals surface area contributed by atoms with Crippen LogP contribution in [0.3, 0.4) is 0 Å². The molecule has 9 nitrogen and oxygen atoms in total. The molecule has 0 unspecified atom stereocenters. The highest BCUT2D eigenvalue weighted by molar-refractivity contribution is 6.02. The van der Waals surface area contributed by atoms with Crippen LogP contribution in [0.2, 0.25) is 0 Å². The molecule has 1 aliphatic carbocycles. The second-order valence-electron chi connectivity index (χ2n) is 9.95. The minimum atomic E-state index is -0.526. The first-order valence-electron chi connectivity index (χ1n) is 12.9. The lowest BCUT2D eigenvalue weighted by molar-refractivity contribution is -0.124. The maximum Gasteiger partial charge on any atom is 0.343 e. The van der Waals surface area contributed by atoms with E-state index >= 15 is 0 Å². The molecule has 0 bridgehead atoms. The molecule has 5 rings (SSSR count). The van der Waals surface area contributed by atoms with E-state index in [0.717, 1.165) is 31.2 Å². The van der Waals surface area contributed by atoms with Crippen molar-refractivity contribution in [1.29, 1.82) is 0 Å². The fourth-order valence-corrected chi connectivity index (χ4v) is 4.87. The van der Waals surface area contributed by atoms with E-state index < -0.39 is 5.97 Å². The minimum absolute atomic E-state index is 0.00273. The number of fused-ring (bicyclic) bond motifs is 1. The van der Waals surface area contributed by atoms with Gasteiger partial charge in [0.15, 0.2) is 17.2 Å². The molecule has 194 valence electrons. The summed E-state index contributed by atoms with van der Waals surface area (Å²) >= 11 is 0. The lowest BCUT2D eigenvalue weighted by Gasteiger charge is -2.32. The van der Waals surface area contributed by atoms with Crippen LogP contribution in [-0.4, -0.2) is 39.3 Å². The number of oxazole rings is 1. The van der Waals surface area contributed by atoms with Crippen LogP contribution in [-0.2, 0) is 9.53 Å². The molecule has 0 spiro atoms. The summed E-state index contributed by atoms with van der Waals surface area (Å²) in [5, 5.41) is 4.70. The molecule has 3 aromatic heterocycles. The third-order valence-corrected chi connectivity index (χ3v) is 6.89. The molecule has 1 aromatic carbocycles. The van der Waals surface area contributed by atoms with Crippen molar-refractivity contribution in [3.8, 4) is 17.3 Å². The number of aromatic nitrogens is 3. The summed E-state index contributed by atoms with van der Waals surface area (Å²) in [5.41, 5.74) is 2.18. The maximum absolute atomic E-state index is 13.7. The van der Waals surface area contributed by atoms with Gasteiger partial charge >= 0.3 is 5.97 Å². The van der Waals surface area contributed by atoms with Crippen molar-refractivity contribution < 1.29 is 23.2 Å². The standard InChI is InChI=1S/C28H32N4O5/c1-5-35-28(34)21-15-31(20-14-24(36-16-20)26-29-22-8-6-7-9-23(22)37-26)30-25(21)32(17(2)3)27(33)19-12-10-18(4)11-13-19/h6-9,14-19H,5,10-13H2,1-4H3. The van der Waals surface area contributed by atoms with E-state index in [4.69, 9.17) is 18.7 Å². The highest BCUT2D eigenvalue weighted by Gasteiger charge is 2.34. The molecule has 3 heterocycles. The first-order chi connectivity index (χ1) is 17.9. The van der Waals surface area contributed by atoms with E-state index in [1.165, 1.54) is 10.9 Å². The molecular weight excluding hydrogens is 472 g/mol. The Kier molecular flexibility index (Phi) is 6.86. The first kappa shape index (κ1) is 24.8. The van der Waals surface area contributed by atoms with Crippen molar-refractivity contribution >= 4 is 28.8 Å². The number of rotatable bonds is 7. The van der Waals surface area contributed by atoms with Gasteiger partial charge in [0.2, 0.25) is 5.91 Å². The molecule has 1 amide bonds. The van der Waals surface area contributed by atoms with Crippen molar-refractivity contribution in [2.75, 3.05) is 11.5 Å². The summed E-state index contributed by atoms with van der Waals surface area (Å²) in [4.78, 5) is 32.8. The molecule has 0 atom stereocenters. The zero-order valence-corrected chi connectivity index (χ0v) is 21.6. The summed E-state index contributed by atoms with van der Waals surface area (Å²) < 4.78 is 18.4. The Hall–Kier alpha value is -3.88. The largest absolute Gasteiger partial charge is 0.462 e. The van der Waals surface area contributed by atoms with Crippen LogP contribution < -0.4 is 4.90 Å². The van der Waals surface area contributed by atoms with Crippen LogP contribution in [0.1, 0.15) is 63.7 Å². The Bertz CT molecular complexity index is 1370. The lowest BCUT2D eigenvalue weighted by atomic mass is 9.82. The number of benzene rings is 1. The topological polar surface area (TPSA) is 104 Å². The average molecular weight is 505 g/mol. The number of esters is 1. The summed E-state index contributed by atoms with van der Waals surface area (Å²) in [6, 6.07) is 9.01. The normalized spacial score (nSPS) is 17.9. The van der Waals surface area contributed by atoms with E-state index in [1.54, 1.807) is 24.1 Å². The monoisotopic (exact) mass is 504 g/mol. The minimum Gasteiger partial charge on any atom is -0.462 e. The summed E-state index contributed by atoms with van der Waals surface area (Å²) in [6.07, 6.45) is 6.83. The first-order valence-corrected chi connectivity index (χ1v) is 12.9. The quantitative estimate of drug-likeness (QED) is 0.284. The third-order valence-electron chi connectivity index (χ3n) is 6.89. The van der Waals surface area contributed by atoms with Crippen LogP contribution in [0, 0.1) is 11.8 Å². The predicted octanol–water partition coefficient (Wildman–Crippen LogP) is 6.02. The molecule has 1 saturated carbocycles. The van der Waals surface area contributed by atoms with Gasteiger partial charge in [0.25, 0.3) is 5.89 Å². The molecule has 0 N–H and O–H groups in total. The highest BCUT2D eigenvalue weighted by Crippen LogP contribution is 2.33. The van der Waals surface area contributed by atoms with E-state index in [2.05, 4.69) is 11.9 Å². The van der Waals surface area contributed by atoms with Crippen LogP contribution >= 0.6 is 0 Å². The number of ether oxygens (including phenoxy) is 1. The predicted molar refractivity (Wildman–Crippen MR) is 139 cm³/mol. The van der Waals surface area contributed by atoms with Gasteiger partial charge in [0.1, 0.15) is 23.0 Å². The number of carbonyl (C=O) groups is 2. The molecule has 0 saturated heterocycles. The third kappa shape index (κ3) is 4.90. The maximum atomic E-state index is 13.7. The average Bonchev–Trinajstić information content (AvgIpc) is 3.62. The second-order valence-corrected chi connectivity index (χ2v) is 9.95. The number of amides is 1. The van der Waals surface area contributed by atoms with Gasteiger partial charge in [-0.25, -0.2) is 14.5 Å². The van der Waals surface area contributed by atoms with Crippen molar-refractivity contribution in [2.24, 2.45) is 11.8 Å². The number of nitrogens with zero attached hydrogens (tertiary/aromatic N) is 4. The van der Waals surface area contributed by atoms with Gasteiger partial charge in [-0.2, -0.15) is 0 Å². The van der Waals surface area contributed by atoms with E-state index in [-0.39, 0.29) is 30.0 Å². The van der Waals surface area contributed by atoms with Gasteiger partial charge in [-0.1, -0.05) is 19.1 Å². The highest BCUT2D eigenvalue weighted by atomic mass is 16.5. The molecule has 4 aromatic rings. The Balaban J connectivity index is 1.51. The second kappa shape index (κ2) is 10.2. The molecule has 1 aliphatic rings. The number of furan rings is 1. The molecule has 0 radical (unpaired) electrons. The van der Waals surface area contributed by atoms with Crippen LogP contribution in [0.25, 0.3) is 28.4 Å². The van der Waals surface area contributed by atoms with Crippen molar-refractivity contribution in [2.45, 2.75) is 59.4 Å². The Morgan fingerprint density at radius 3 is 2.65 bits per heavy atom. The van der Waals surface area contributed by atoms with Crippen molar-refractivity contribution in [1.82, 2.24) is 14.8 Å². The molecule has 37 heavy (non-hydrogen) atoms. The molecule has 0 aliphatic heterocycles. The SMILES string of the molecule is CCOC(=O)c1cn(-c2coc(-c3nc4ccccc4o3)c2)nc1N(C(=O)C1CCC(C)CC1)C(C)C. The van der Waals surface area contributed by atoms with Gasteiger partial charge in [0, 0.05) is 24.2 Å². The Morgan fingerprint density at radius 1 is 1.19 bits per heavy atom. The van der Waals surface area contributed by atoms with Crippen molar-refractivity contribution in [3.63, 3.8) is 0 Å². The molecule has 1 fully saturated rings. The summed E-state index contributed by atoms with van der Waals surface area (Å²) in [6.45, 7) is 8.05. The molecule has 9 heteroatoms. The number of hydrogen-bond acceptors (Lipinski definition) is 7. The number of hydrogen-bond donors (Lipinski definition) is 0. The van der Waals surface area contributed by atoms with Gasteiger partial charge in [0.05, 0.1) is 6.61 Å². The van der Waals surface area contributed by atoms with E-state index in [1.807, 2.05) is 38.1 Å². The van der Waals surface area contributed by atoms with Gasteiger partial charge in [-0.3, -0.25) is 9.69 Å². The number of anilines is 1. The van der Waals surface area contributed by atoms with E-state index in [0.29, 0.717) is 34.7 Å². The van der Waals surface area contributed by atoms with Gasteiger partial charge < -0.3 is 13.6 Å². The fraction of sp³-hybridized carbons (Fsp3) is 0.429. The van der Waals surface area contributed by atoms with Crippen LogP contribution in [0.4, 0.5) is 5.82 Å². The fourth-order valence-electron chi connectivity index (χ4n) is 4.87. The van der Waals surface area contributed by atoms with Gasteiger partial charge in [-0.15, -0.1) is 5.10 Å². The van der Waals surface area contributed by atoms with Crippen LogP contribution in [0.15, 0.2) is 51.6 Å². The smallest absolute Gasteiger partial charge is 0.343 e. The zero-order chi connectivity index (χ0) is 26.1. The zero-order valence-electron chi connectivity index (χ0n) is 21.6.